The molecule has 0 saturated heterocycles. The van der Waals surface area contributed by atoms with Gasteiger partial charge in [0.15, 0.2) is 5.78 Å². The minimum Gasteiger partial charge on any atom is -0.393 e. The van der Waals surface area contributed by atoms with E-state index in [4.69, 9.17) is 0 Å². The van der Waals surface area contributed by atoms with Crippen LogP contribution in [0.3, 0.4) is 0 Å². The molecule has 15 heavy (non-hydrogen) atoms. The van der Waals surface area contributed by atoms with Crippen molar-refractivity contribution in [2.24, 2.45) is 17.3 Å². The van der Waals surface area contributed by atoms with E-state index in [2.05, 4.69) is 20.8 Å². The lowest BCUT2D eigenvalue weighted by Gasteiger charge is -2.49. The van der Waals surface area contributed by atoms with Crippen LogP contribution in [-0.2, 0) is 4.79 Å². The number of carbonyl (C=O) groups is 1. The van der Waals surface area contributed by atoms with Crippen molar-refractivity contribution in [1.29, 1.82) is 0 Å². The first kappa shape index (κ1) is 10.9. The van der Waals surface area contributed by atoms with Crippen LogP contribution in [0.1, 0.15) is 40.0 Å². The molecule has 1 N–H and O–H groups in total. The van der Waals surface area contributed by atoms with E-state index in [1.807, 2.05) is 0 Å². The summed E-state index contributed by atoms with van der Waals surface area (Å²) in [6, 6.07) is 0. The van der Waals surface area contributed by atoms with Crippen molar-refractivity contribution in [3.8, 4) is 0 Å². The largest absolute Gasteiger partial charge is 0.393 e. The van der Waals surface area contributed by atoms with Crippen LogP contribution >= 0.6 is 0 Å². The Hall–Kier alpha value is -0.630. The van der Waals surface area contributed by atoms with Gasteiger partial charge in [-0.05, 0) is 36.2 Å². The first-order valence-corrected chi connectivity index (χ1v) is 5.87. The predicted molar refractivity (Wildman–Crippen MR) is 59.4 cm³/mol. The first-order chi connectivity index (χ1) is 6.95. The molecule has 0 spiro atoms. The molecule has 2 aliphatic carbocycles. The molecule has 0 heterocycles. The Balaban J connectivity index is 2.38. The molecule has 2 heteroatoms. The normalized spacial score (nSPS) is 46.0. The SMILES string of the molecule is CC1[C@H](O)CC2=CC(=O)CC[C@]2(C)[C@H]1C. The third kappa shape index (κ3) is 1.55. The van der Waals surface area contributed by atoms with Crippen molar-refractivity contribution in [3.63, 3.8) is 0 Å². The fraction of sp³-hybridized carbons (Fsp3) is 0.769. The summed E-state index contributed by atoms with van der Waals surface area (Å²) in [5.74, 6) is 1.03. The molecule has 0 bridgehead atoms. The Morgan fingerprint density at radius 2 is 2.13 bits per heavy atom. The van der Waals surface area contributed by atoms with Gasteiger partial charge in [-0.3, -0.25) is 4.79 Å². The molecular formula is C13H20O2. The summed E-state index contributed by atoms with van der Waals surface area (Å²) < 4.78 is 0. The van der Waals surface area contributed by atoms with Crippen molar-refractivity contribution in [1.82, 2.24) is 0 Å². The predicted octanol–water partition coefficient (Wildman–Crippen LogP) is 2.32. The second kappa shape index (κ2) is 3.44. The molecule has 1 saturated carbocycles. The van der Waals surface area contributed by atoms with Gasteiger partial charge in [-0.2, -0.15) is 0 Å². The van der Waals surface area contributed by atoms with E-state index in [9.17, 15) is 9.90 Å². The topological polar surface area (TPSA) is 37.3 Å². The van der Waals surface area contributed by atoms with Gasteiger partial charge in [0.05, 0.1) is 6.10 Å². The van der Waals surface area contributed by atoms with Gasteiger partial charge < -0.3 is 5.11 Å². The molecular weight excluding hydrogens is 188 g/mol. The molecule has 4 atom stereocenters. The molecule has 84 valence electrons. The van der Waals surface area contributed by atoms with E-state index in [1.165, 1.54) is 5.57 Å². The second-order valence-corrected chi connectivity index (χ2v) is 5.47. The Morgan fingerprint density at radius 1 is 1.47 bits per heavy atom. The summed E-state index contributed by atoms with van der Waals surface area (Å²) in [5, 5.41) is 9.94. The van der Waals surface area contributed by atoms with Crippen molar-refractivity contribution in [2.75, 3.05) is 0 Å². The highest BCUT2D eigenvalue weighted by atomic mass is 16.3. The maximum Gasteiger partial charge on any atom is 0.155 e. The minimum absolute atomic E-state index is 0.145. The van der Waals surface area contributed by atoms with E-state index >= 15 is 0 Å². The van der Waals surface area contributed by atoms with Gasteiger partial charge in [-0.15, -0.1) is 0 Å². The maximum absolute atomic E-state index is 11.4. The monoisotopic (exact) mass is 208 g/mol. The van der Waals surface area contributed by atoms with Gasteiger partial charge in [0.25, 0.3) is 0 Å². The van der Waals surface area contributed by atoms with Gasteiger partial charge in [0.1, 0.15) is 0 Å². The number of hydrogen-bond acceptors (Lipinski definition) is 2. The van der Waals surface area contributed by atoms with Crippen LogP contribution in [-0.4, -0.2) is 17.0 Å². The lowest BCUT2D eigenvalue weighted by atomic mass is 9.56. The average Bonchev–Trinajstić information content (AvgIpc) is 2.19. The Labute approximate surface area is 91.4 Å². The van der Waals surface area contributed by atoms with Crippen molar-refractivity contribution >= 4 is 5.78 Å². The van der Waals surface area contributed by atoms with Crippen LogP contribution in [0.5, 0.6) is 0 Å². The Morgan fingerprint density at radius 3 is 2.80 bits per heavy atom. The molecule has 0 radical (unpaired) electrons. The highest BCUT2D eigenvalue weighted by molar-refractivity contribution is 5.91. The second-order valence-electron chi connectivity index (χ2n) is 5.47. The molecule has 0 amide bonds. The zero-order valence-electron chi connectivity index (χ0n) is 9.79. The van der Waals surface area contributed by atoms with Crippen LogP contribution in [0.2, 0.25) is 0 Å². The van der Waals surface area contributed by atoms with Crippen LogP contribution < -0.4 is 0 Å². The number of aliphatic hydroxyl groups is 1. The number of ketones is 1. The zero-order valence-corrected chi connectivity index (χ0v) is 9.79. The quantitative estimate of drug-likeness (QED) is 0.663. The molecule has 0 aromatic heterocycles. The van der Waals surface area contributed by atoms with E-state index in [-0.39, 0.29) is 17.3 Å². The summed E-state index contributed by atoms with van der Waals surface area (Å²) in [5.41, 5.74) is 1.32. The Bertz CT molecular complexity index is 318. The molecule has 2 rings (SSSR count). The van der Waals surface area contributed by atoms with E-state index in [0.29, 0.717) is 24.7 Å². The molecule has 1 fully saturated rings. The number of allylic oxidation sites excluding steroid dienone is 1. The third-order valence-electron chi connectivity index (χ3n) is 4.79. The summed E-state index contributed by atoms with van der Waals surface area (Å²) in [6.07, 6.45) is 3.83. The van der Waals surface area contributed by atoms with Crippen molar-refractivity contribution in [3.05, 3.63) is 11.6 Å². The molecule has 0 aromatic rings. The maximum atomic E-state index is 11.4. The minimum atomic E-state index is -0.273. The Kier molecular flexibility index (Phi) is 2.50. The van der Waals surface area contributed by atoms with E-state index in [0.717, 1.165) is 6.42 Å². The van der Waals surface area contributed by atoms with Crippen LogP contribution in [0, 0.1) is 17.3 Å². The highest BCUT2D eigenvalue weighted by Crippen LogP contribution is 2.52. The molecule has 2 aliphatic rings. The van der Waals surface area contributed by atoms with Crippen LogP contribution in [0.4, 0.5) is 0 Å². The zero-order chi connectivity index (χ0) is 11.2. The highest BCUT2D eigenvalue weighted by Gasteiger charge is 2.46. The van der Waals surface area contributed by atoms with Gasteiger partial charge in [0.2, 0.25) is 0 Å². The summed E-state index contributed by atoms with van der Waals surface area (Å²) >= 11 is 0. The van der Waals surface area contributed by atoms with E-state index < -0.39 is 0 Å². The molecule has 0 aromatic carbocycles. The average molecular weight is 208 g/mol. The first-order valence-electron chi connectivity index (χ1n) is 5.87. The lowest BCUT2D eigenvalue weighted by Crippen LogP contribution is -2.44. The number of aliphatic hydroxyl groups excluding tert-OH is 1. The van der Waals surface area contributed by atoms with Gasteiger partial charge >= 0.3 is 0 Å². The van der Waals surface area contributed by atoms with Crippen LogP contribution in [0.25, 0.3) is 0 Å². The summed E-state index contributed by atoms with van der Waals surface area (Å²) in [7, 11) is 0. The molecule has 0 aliphatic heterocycles. The van der Waals surface area contributed by atoms with Gasteiger partial charge in [0, 0.05) is 6.42 Å². The standard InChI is InChI=1S/C13H20O2/c1-8-9(2)13(3)5-4-11(14)6-10(13)7-12(8)15/h6,8-9,12,15H,4-5,7H2,1-3H3/t8?,9-,12+,13+/m0/s1. The smallest absolute Gasteiger partial charge is 0.155 e. The number of rotatable bonds is 0. The summed E-state index contributed by atoms with van der Waals surface area (Å²) in [6.45, 7) is 6.57. The fourth-order valence-electron chi connectivity index (χ4n) is 3.11. The van der Waals surface area contributed by atoms with Crippen molar-refractivity contribution in [2.45, 2.75) is 46.1 Å². The van der Waals surface area contributed by atoms with Gasteiger partial charge in [-0.25, -0.2) is 0 Å². The van der Waals surface area contributed by atoms with Crippen molar-refractivity contribution < 1.29 is 9.90 Å². The number of hydrogen-bond donors (Lipinski definition) is 1. The third-order valence-corrected chi connectivity index (χ3v) is 4.79. The molecule has 2 nitrogen and oxygen atoms in total. The van der Waals surface area contributed by atoms with Crippen LogP contribution in [0.15, 0.2) is 11.6 Å². The number of carbonyl (C=O) groups excluding carboxylic acids is 1. The van der Waals surface area contributed by atoms with E-state index in [1.54, 1.807) is 6.08 Å². The fourth-order valence-corrected chi connectivity index (χ4v) is 3.11. The lowest BCUT2D eigenvalue weighted by molar-refractivity contribution is -0.116. The summed E-state index contributed by atoms with van der Waals surface area (Å²) in [4.78, 5) is 11.4. The van der Waals surface area contributed by atoms with Gasteiger partial charge in [-0.1, -0.05) is 26.3 Å². The number of fused-ring (bicyclic) bond motifs is 1. The molecule has 1 unspecified atom stereocenters.